The van der Waals surface area contributed by atoms with E-state index in [2.05, 4.69) is 0 Å². The molecular weight excluding hydrogens is 247 g/mol. The maximum atomic E-state index is 11.6. The van der Waals surface area contributed by atoms with Crippen molar-refractivity contribution in [1.82, 2.24) is 0 Å². The zero-order chi connectivity index (χ0) is 12.4. The van der Waals surface area contributed by atoms with Gasteiger partial charge in [0.15, 0.2) is 0 Å². The van der Waals surface area contributed by atoms with Gasteiger partial charge in [0.2, 0.25) is 0 Å². The molecule has 2 nitrogen and oxygen atoms in total. The molecule has 1 atom stereocenters. The largest absolute Gasteiger partial charge is 0.460 e. The van der Waals surface area contributed by atoms with Gasteiger partial charge in [0.05, 0.1) is 6.42 Å². The highest BCUT2D eigenvalue weighted by Crippen LogP contribution is 2.37. The average molecular weight is 263 g/mol. The smallest absolute Gasteiger partial charge is 0.307 e. The van der Waals surface area contributed by atoms with Crippen LogP contribution < -0.4 is 0 Å². The number of rotatable bonds is 2. The lowest BCUT2D eigenvalue weighted by Gasteiger charge is -2.27. The van der Waals surface area contributed by atoms with Crippen LogP contribution in [0, 0.1) is 5.92 Å². The van der Waals surface area contributed by atoms with Gasteiger partial charge in [0.25, 0.3) is 0 Å². The summed E-state index contributed by atoms with van der Waals surface area (Å²) < 4.78 is 4.20. The van der Waals surface area contributed by atoms with E-state index in [1.807, 2.05) is 32.9 Å². The van der Waals surface area contributed by atoms with Gasteiger partial charge in [-0.15, -0.1) is 0 Å². The molecule has 0 saturated heterocycles. The number of alkyl halides is 2. The molecule has 1 aliphatic carbocycles. The third kappa shape index (κ3) is 4.18. The quantitative estimate of drug-likeness (QED) is 0.561. The predicted molar refractivity (Wildman–Crippen MR) is 66.7 cm³/mol. The Morgan fingerprint density at radius 1 is 1.38 bits per heavy atom. The summed E-state index contributed by atoms with van der Waals surface area (Å²) in [7, 11) is 0. The van der Waals surface area contributed by atoms with Gasteiger partial charge in [-0.05, 0) is 26.8 Å². The zero-order valence-corrected chi connectivity index (χ0v) is 11.2. The van der Waals surface area contributed by atoms with Crippen LogP contribution in [0.1, 0.15) is 27.2 Å². The van der Waals surface area contributed by atoms with Gasteiger partial charge in [-0.1, -0.05) is 41.4 Å². The highest BCUT2D eigenvalue weighted by atomic mass is 35.5. The first-order chi connectivity index (χ1) is 7.21. The van der Waals surface area contributed by atoms with Crippen molar-refractivity contribution in [2.24, 2.45) is 5.92 Å². The molecule has 0 amide bonds. The van der Waals surface area contributed by atoms with Crippen molar-refractivity contribution in [3.63, 3.8) is 0 Å². The highest BCUT2D eigenvalue weighted by Gasteiger charge is 2.34. The number of hydrogen-bond donors (Lipinski definition) is 0. The Kier molecular flexibility index (Phi) is 4.08. The summed E-state index contributed by atoms with van der Waals surface area (Å²) in [6.45, 7) is 5.49. The molecule has 0 aromatic carbocycles. The molecule has 1 rings (SSSR count). The maximum absolute atomic E-state index is 11.6. The van der Waals surface area contributed by atoms with Crippen molar-refractivity contribution >= 4 is 29.2 Å². The van der Waals surface area contributed by atoms with Gasteiger partial charge in [-0.2, -0.15) is 0 Å². The van der Waals surface area contributed by atoms with E-state index in [-0.39, 0.29) is 18.3 Å². The number of hydrogen-bond acceptors (Lipinski definition) is 2. The Morgan fingerprint density at radius 3 is 2.50 bits per heavy atom. The van der Waals surface area contributed by atoms with Crippen molar-refractivity contribution in [2.45, 2.75) is 37.1 Å². The van der Waals surface area contributed by atoms with Crippen LogP contribution in [0.25, 0.3) is 0 Å². The van der Waals surface area contributed by atoms with Crippen LogP contribution in [0.4, 0.5) is 0 Å². The van der Waals surface area contributed by atoms with Crippen molar-refractivity contribution in [3.05, 3.63) is 24.3 Å². The molecule has 16 heavy (non-hydrogen) atoms. The van der Waals surface area contributed by atoms with Crippen LogP contribution in [-0.4, -0.2) is 15.9 Å². The minimum Gasteiger partial charge on any atom is -0.460 e. The number of carbonyl (C=O) groups is 1. The summed E-state index contributed by atoms with van der Waals surface area (Å²) >= 11 is 12.1. The number of ether oxygens (including phenoxy) is 1. The van der Waals surface area contributed by atoms with E-state index in [4.69, 9.17) is 27.9 Å². The maximum Gasteiger partial charge on any atom is 0.307 e. The normalized spacial score (nSPS) is 23.2. The molecule has 0 N–H and O–H groups in total. The summed E-state index contributed by atoms with van der Waals surface area (Å²) in [5.74, 6) is -0.529. The molecule has 90 valence electrons. The van der Waals surface area contributed by atoms with E-state index >= 15 is 0 Å². The number of esters is 1. The SMILES string of the molecule is CC(C)(C)OC(=O)CC1C=CC=CC1(Cl)Cl. The molecule has 0 aromatic rings. The van der Waals surface area contributed by atoms with Crippen molar-refractivity contribution in [3.8, 4) is 0 Å². The van der Waals surface area contributed by atoms with E-state index in [9.17, 15) is 4.79 Å². The van der Waals surface area contributed by atoms with Crippen molar-refractivity contribution in [2.75, 3.05) is 0 Å². The fraction of sp³-hybridized carbons (Fsp3) is 0.583. The molecule has 0 bridgehead atoms. The molecule has 0 aromatic heterocycles. The Hall–Kier alpha value is -0.470. The second-order valence-electron chi connectivity index (χ2n) is 4.82. The Morgan fingerprint density at radius 2 is 2.00 bits per heavy atom. The van der Waals surface area contributed by atoms with Gasteiger partial charge in [0, 0.05) is 5.92 Å². The van der Waals surface area contributed by atoms with E-state index in [0.717, 1.165) is 0 Å². The topological polar surface area (TPSA) is 26.3 Å². The molecule has 1 unspecified atom stereocenters. The van der Waals surface area contributed by atoms with Crippen LogP contribution in [-0.2, 0) is 9.53 Å². The first kappa shape index (κ1) is 13.6. The molecule has 0 fully saturated rings. The van der Waals surface area contributed by atoms with Gasteiger partial charge in [0.1, 0.15) is 9.93 Å². The minimum atomic E-state index is -1.02. The Balaban J connectivity index is 2.58. The van der Waals surface area contributed by atoms with Crippen molar-refractivity contribution in [1.29, 1.82) is 0 Å². The van der Waals surface area contributed by atoms with Gasteiger partial charge >= 0.3 is 5.97 Å². The Labute approximate surface area is 106 Å². The third-order valence-corrected chi connectivity index (χ3v) is 2.89. The fourth-order valence-corrected chi connectivity index (χ4v) is 1.85. The molecule has 1 aliphatic rings. The second kappa shape index (κ2) is 4.80. The van der Waals surface area contributed by atoms with Crippen molar-refractivity contribution < 1.29 is 9.53 Å². The lowest BCUT2D eigenvalue weighted by molar-refractivity contribution is -0.155. The first-order valence-electron chi connectivity index (χ1n) is 5.16. The number of halogens is 2. The highest BCUT2D eigenvalue weighted by molar-refractivity contribution is 6.50. The standard InChI is InChI=1S/C12H16Cl2O2/c1-11(2,3)16-10(15)8-9-6-4-5-7-12(9,13)14/h4-7,9H,8H2,1-3H3. The summed E-state index contributed by atoms with van der Waals surface area (Å²) in [4.78, 5) is 11.6. The first-order valence-corrected chi connectivity index (χ1v) is 5.92. The summed E-state index contributed by atoms with van der Waals surface area (Å²) in [6.07, 6.45) is 7.28. The van der Waals surface area contributed by atoms with E-state index in [1.54, 1.807) is 12.2 Å². The molecule has 0 aliphatic heterocycles. The monoisotopic (exact) mass is 262 g/mol. The van der Waals surface area contributed by atoms with E-state index in [1.165, 1.54) is 0 Å². The lowest BCUT2D eigenvalue weighted by Crippen LogP contribution is -2.30. The Bertz CT molecular complexity index is 324. The van der Waals surface area contributed by atoms with Crippen LogP contribution in [0.5, 0.6) is 0 Å². The number of carbonyl (C=O) groups excluding carboxylic acids is 1. The van der Waals surface area contributed by atoms with Crippen LogP contribution in [0.3, 0.4) is 0 Å². The van der Waals surface area contributed by atoms with Crippen LogP contribution >= 0.6 is 23.2 Å². The molecule has 0 saturated carbocycles. The number of allylic oxidation sites excluding steroid dienone is 4. The van der Waals surface area contributed by atoms with E-state index < -0.39 is 9.93 Å². The fourth-order valence-electron chi connectivity index (χ4n) is 1.40. The zero-order valence-electron chi connectivity index (χ0n) is 9.67. The molecule has 0 spiro atoms. The average Bonchev–Trinajstić information content (AvgIpc) is 2.05. The van der Waals surface area contributed by atoms with Gasteiger partial charge in [-0.25, -0.2) is 0 Å². The molecule has 0 heterocycles. The lowest BCUT2D eigenvalue weighted by atomic mass is 9.96. The summed E-state index contributed by atoms with van der Waals surface area (Å²) in [5.41, 5.74) is -0.480. The molecular formula is C12H16Cl2O2. The van der Waals surface area contributed by atoms with Crippen LogP contribution in [0.2, 0.25) is 0 Å². The van der Waals surface area contributed by atoms with Crippen LogP contribution in [0.15, 0.2) is 24.3 Å². The second-order valence-corrected chi connectivity index (χ2v) is 6.26. The minimum absolute atomic E-state index is 0.186. The van der Waals surface area contributed by atoms with Gasteiger partial charge in [-0.3, -0.25) is 4.79 Å². The third-order valence-electron chi connectivity index (χ3n) is 2.07. The molecule has 4 heteroatoms. The predicted octanol–water partition coefficient (Wildman–Crippen LogP) is 3.63. The van der Waals surface area contributed by atoms with E-state index in [0.29, 0.717) is 0 Å². The van der Waals surface area contributed by atoms with Gasteiger partial charge < -0.3 is 4.74 Å². The summed E-state index contributed by atoms with van der Waals surface area (Å²) in [6, 6.07) is 0. The molecule has 0 radical (unpaired) electrons. The summed E-state index contributed by atoms with van der Waals surface area (Å²) in [5, 5.41) is 0.